The van der Waals surface area contributed by atoms with E-state index in [0.717, 1.165) is 27.5 Å². The van der Waals surface area contributed by atoms with Gasteiger partial charge in [0.2, 0.25) is 0 Å². The summed E-state index contributed by atoms with van der Waals surface area (Å²) in [6.07, 6.45) is 0.889. The zero-order valence-corrected chi connectivity index (χ0v) is 9.31. The van der Waals surface area contributed by atoms with Crippen molar-refractivity contribution in [1.29, 1.82) is 0 Å². The Balaban J connectivity index is 2.73. The second-order valence-electron chi connectivity index (χ2n) is 3.13. The molecule has 0 atom stereocenters. The molecule has 1 heterocycles. The number of fused-ring (bicyclic) bond motifs is 1. The van der Waals surface area contributed by atoms with Crippen LogP contribution < -0.4 is 0 Å². The summed E-state index contributed by atoms with van der Waals surface area (Å²) in [6.45, 7) is 2.05. The van der Waals surface area contributed by atoms with Gasteiger partial charge in [-0.05, 0) is 52.2 Å². The minimum Gasteiger partial charge on any atom is -0.241 e. The Bertz CT molecular complexity index is 482. The fourth-order valence-electron chi connectivity index (χ4n) is 1.42. The first-order chi connectivity index (χ1) is 6.70. The van der Waals surface area contributed by atoms with E-state index in [1.807, 2.05) is 13.0 Å². The molecule has 2 aromatic rings. The Morgan fingerprint density at radius 1 is 1.36 bits per heavy atom. The summed E-state index contributed by atoms with van der Waals surface area (Å²) >= 11 is 3.39. The van der Waals surface area contributed by atoms with Crippen molar-refractivity contribution in [2.24, 2.45) is 0 Å². The first kappa shape index (κ1) is 9.59. The summed E-state index contributed by atoms with van der Waals surface area (Å²) < 4.78 is 13.8. The maximum absolute atomic E-state index is 12.9. The largest absolute Gasteiger partial charge is 0.241 e. The highest BCUT2D eigenvalue weighted by molar-refractivity contribution is 9.10. The van der Waals surface area contributed by atoms with Gasteiger partial charge >= 0.3 is 0 Å². The molecule has 14 heavy (non-hydrogen) atoms. The third-order valence-electron chi connectivity index (χ3n) is 2.18. The van der Waals surface area contributed by atoms with E-state index < -0.39 is 0 Å². The average molecular weight is 254 g/mol. The second kappa shape index (κ2) is 3.65. The maximum Gasteiger partial charge on any atom is 0.123 e. The fraction of sp³-hybridized carbons (Fsp3) is 0.182. The first-order valence-electron chi connectivity index (χ1n) is 4.45. The normalized spacial score (nSPS) is 10.8. The Kier molecular flexibility index (Phi) is 2.50. The van der Waals surface area contributed by atoms with Crippen LogP contribution in [0.3, 0.4) is 0 Å². The summed E-state index contributed by atoms with van der Waals surface area (Å²) in [5, 5.41) is 0.852. The van der Waals surface area contributed by atoms with Crippen LogP contribution in [-0.4, -0.2) is 4.98 Å². The Hall–Kier alpha value is -0.960. The number of aromatic nitrogens is 1. The lowest BCUT2D eigenvalue weighted by atomic mass is 10.1. The zero-order valence-electron chi connectivity index (χ0n) is 7.72. The van der Waals surface area contributed by atoms with E-state index >= 15 is 0 Å². The SMILES string of the molecule is CCc1cc2cc(F)ccc2nc1Br. The lowest BCUT2D eigenvalue weighted by Gasteiger charge is -2.03. The van der Waals surface area contributed by atoms with Crippen molar-refractivity contribution in [2.75, 3.05) is 0 Å². The molecule has 0 aliphatic carbocycles. The Labute approximate surface area is 90.1 Å². The highest BCUT2D eigenvalue weighted by Gasteiger charge is 2.03. The highest BCUT2D eigenvalue weighted by Crippen LogP contribution is 2.21. The van der Waals surface area contributed by atoms with Crippen LogP contribution in [0.2, 0.25) is 0 Å². The van der Waals surface area contributed by atoms with Gasteiger partial charge in [0.25, 0.3) is 0 Å². The Morgan fingerprint density at radius 3 is 2.86 bits per heavy atom. The van der Waals surface area contributed by atoms with Crippen LogP contribution in [-0.2, 0) is 6.42 Å². The number of rotatable bonds is 1. The third-order valence-corrected chi connectivity index (χ3v) is 2.87. The smallest absolute Gasteiger partial charge is 0.123 e. The van der Waals surface area contributed by atoms with Gasteiger partial charge in [-0.25, -0.2) is 9.37 Å². The van der Waals surface area contributed by atoms with Crippen molar-refractivity contribution in [3.8, 4) is 0 Å². The summed E-state index contributed by atoms with van der Waals surface area (Å²) in [5.41, 5.74) is 1.92. The Morgan fingerprint density at radius 2 is 2.14 bits per heavy atom. The number of halogens is 2. The summed E-state index contributed by atoms with van der Waals surface area (Å²) in [4.78, 5) is 4.34. The van der Waals surface area contributed by atoms with Crippen molar-refractivity contribution in [1.82, 2.24) is 4.98 Å². The molecule has 0 radical (unpaired) electrons. The van der Waals surface area contributed by atoms with Gasteiger partial charge in [-0.3, -0.25) is 0 Å². The van der Waals surface area contributed by atoms with E-state index in [9.17, 15) is 4.39 Å². The molecule has 0 amide bonds. The predicted molar refractivity (Wildman–Crippen MR) is 58.8 cm³/mol. The summed E-state index contributed by atoms with van der Waals surface area (Å²) in [7, 11) is 0. The molecule has 2 rings (SSSR count). The van der Waals surface area contributed by atoms with Crippen LogP contribution in [0, 0.1) is 5.82 Å². The van der Waals surface area contributed by atoms with Crippen molar-refractivity contribution in [3.63, 3.8) is 0 Å². The van der Waals surface area contributed by atoms with E-state index in [1.165, 1.54) is 12.1 Å². The predicted octanol–water partition coefficient (Wildman–Crippen LogP) is 3.70. The van der Waals surface area contributed by atoms with Crippen LogP contribution in [0.15, 0.2) is 28.9 Å². The third kappa shape index (κ3) is 1.64. The molecule has 0 N–H and O–H groups in total. The van der Waals surface area contributed by atoms with E-state index in [0.29, 0.717) is 0 Å². The van der Waals surface area contributed by atoms with Gasteiger partial charge in [0.15, 0.2) is 0 Å². The molecule has 72 valence electrons. The van der Waals surface area contributed by atoms with Crippen LogP contribution in [0.5, 0.6) is 0 Å². The first-order valence-corrected chi connectivity index (χ1v) is 5.24. The van der Waals surface area contributed by atoms with Crippen LogP contribution in [0.25, 0.3) is 10.9 Å². The van der Waals surface area contributed by atoms with Crippen molar-refractivity contribution >= 4 is 26.8 Å². The quantitative estimate of drug-likeness (QED) is 0.707. The van der Waals surface area contributed by atoms with E-state index in [4.69, 9.17) is 0 Å². The lowest BCUT2D eigenvalue weighted by molar-refractivity contribution is 0.629. The molecule has 0 unspecified atom stereocenters. The molecule has 0 saturated carbocycles. The van der Waals surface area contributed by atoms with Gasteiger partial charge in [-0.1, -0.05) is 6.92 Å². The van der Waals surface area contributed by atoms with Crippen molar-refractivity contribution < 1.29 is 4.39 Å². The summed E-state index contributed by atoms with van der Waals surface area (Å²) in [6, 6.07) is 6.59. The van der Waals surface area contributed by atoms with Gasteiger partial charge in [-0.15, -0.1) is 0 Å². The molecule has 0 aliphatic rings. The fourth-order valence-corrected chi connectivity index (χ4v) is 2.00. The standard InChI is InChI=1S/C11H9BrFN/c1-2-7-5-8-6-9(13)3-4-10(8)14-11(7)12/h3-6H,2H2,1H3. The van der Waals surface area contributed by atoms with Crippen LogP contribution >= 0.6 is 15.9 Å². The van der Waals surface area contributed by atoms with E-state index in [2.05, 4.69) is 20.9 Å². The number of hydrogen-bond donors (Lipinski definition) is 0. The van der Waals surface area contributed by atoms with Crippen molar-refractivity contribution in [2.45, 2.75) is 13.3 Å². The molecular weight excluding hydrogens is 245 g/mol. The molecule has 0 saturated heterocycles. The van der Waals surface area contributed by atoms with E-state index in [1.54, 1.807) is 6.07 Å². The molecule has 0 aliphatic heterocycles. The van der Waals surface area contributed by atoms with Gasteiger partial charge in [0.05, 0.1) is 5.52 Å². The summed E-state index contributed by atoms with van der Waals surface area (Å²) in [5.74, 6) is -0.219. The molecule has 0 bridgehead atoms. The maximum atomic E-state index is 12.9. The van der Waals surface area contributed by atoms with Gasteiger partial charge in [0.1, 0.15) is 10.4 Å². The molecule has 0 fully saturated rings. The number of benzene rings is 1. The van der Waals surface area contributed by atoms with Crippen LogP contribution in [0.4, 0.5) is 4.39 Å². The number of pyridine rings is 1. The molecule has 0 spiro atoms. The van der Waals surface area contributed by atoms with Gasteiger partial charge in [0, 0.05) is 5.39 Å². The lowest BCUT2D eigenvalue weighted by Crippen LogP contribution is -1.89. The molecule has 1 aromatic heterocycles. The van der Waals surface area contributed by atoms with Gasteiger partial charge < -0.3 is 0 Å². The monoisotopic (exact) mass is 253 g/mol. The number of nitrogens with zero attached hydrogens (tertiary/aromatic N) is 1. The topological polar surface area (TPSA) is 12.9 Å². The zero-order chi connectivity index (χ0) is 10.1. The highest BCUT2D eigenvalue weighted by atomic mass is 79.9. The van der Waals surface area contributed by atoms with Crippen LogP contribution in [0.1, 0.15) is 12.5 Å². The average Bonchev–Trinajstić information content (AvgIpc) is 2.17. The number of aryl methyl sites for hydroxylation is 1. The molecular formula is C11H9BrFN. The van der Waals surface area contributed by atoms with E-state index in [-0.39, 0.29) is 5.82 Å². The number of hydrogen-bond acceptors (Lipinski definition) is 1. The van der Waals surface area contributed by atoms with Crippen molar-refractivity contribution in [3.05, 3.63) is 40.2 Å². The minimum atomic E-state index is -0.219. The minimum absolute atomic E-state index is 0.219. The second-order valence-corrected chi connectivity index (χ2v) is 3.88. The van der Waals surface area contributed by atoms with Gasteiger partial charge in [-0.2, -0.15) is 0 Å². The molecule has 3 heteroatoms. The molecule has 1 aromatic carbocycles. The molecule has 1 nitrogen and oxygen atoms in total.